The highest BCUT2D eigenvalue weighted by Gasteiger charge is 2.40. The molecular formula is C24H20ClN3O3S. The van der Waals surface area contributed by atoms with E-state index < -0.39 is 10.0 Å². The summed E-state index contributed by atoms with van der Waals surface area (Å²) in [5.74, 6) is -0.0399. The third kappa shape index (κ3) is 3.45. The van der Waals surface area contributed by atoms with Gasteiger partial charge >= 0.3 is 0 Å². The van der Waals surface area contributed by atoms with Gasteiger partial charge in [-0.15, -0.1) is 0 Å². The second-order valence-electron chi connectivity index (χ2n) is 8.32. The number of rotatable bonds is 3. The lowest BCUT2D eigenvalue weighted by Gasteiger charge is -2.42. The zero-order chi connectivity index (χ0) is 22.5. The Morgan fingerprint density at radius 3 is 2.47 bits per heavy atom. The van der Waals surface area contributed by atoms with Crippen LogP contribution in [0.4, 0.5) is 0 Å². The van der Waals surface area contributed by atoms with Crippen LogP contribution < -0.4 is 5.56 Å². The van der Waals surface area contributed by atoms with Crippen molar-refractivity contribution in [2.75, 3.05) is 13.1 Å². The molecule has 6 nitrogen and oxygen atoms in total. The monoisotopic (exact) mass is 465 g/mol. The van der Waals surface area contributed by atoms with Crippen molar-refractivity contribution >= 4 is 21.6 Å². The number of hydrogen-bond acceptors (Lipinski definition) is 4. The van der Waals surface area contributed by atoms with Crippen LogP contribution in [-0.4, -0.2) is 30.4 Å². The van der Waals surface area contributed by atoms with Crippen LogP contribution in [-0.2, 0) is 16.6 Å². The van der Waals surface area contributed by atoms with Gasteiger partial charge in [0, 0.05) is 41.8 Å². The number of nitriles is 1. The van der Waals surface area contributed by atoms with E-state index in [1.807, 2.05) is 30.3 Å². The predicted octanol–water partition coefficient (Wildman–Crippen LogP) is 3.85. The van der Waals surface area contributed by atoms with E-state index in [1.165, 1.54) is 16.4 Å². The summed E-state index contributed by atoms with van der Waals surface area (Å²) in [5.41, 5.74) is 2.36. The first-order valence-electron chi connectivity index (χ1n) is 10.4. The summed E-state index contributed by atoms with van der Waals surface area (Å²) in [4.78, 5) is 13.3. The van der Waals surface area contributed by atoms with E-state index in [9.17, 15) is 18.5 Å². The van der Waals surface area contributed by atoms with Crippen LogP contribution in [0.2, 0.25) is 5.02 Å². The topological polar surface area (TPSA) is 83.2 Å². The van der Waals surface area contributed by atoms with E-state index in [1.54, 1.807) is 28.8 Å². The molecule has 0 spiro atoms. The first-order chi connectivity index (χ1) is 15.4. The Morgan fingerprint density at radius 2 is 1.72 bits per heavy atom. The highest BCUT2D eigenvalue weighted by Crippen LogP contribution is 2.38. The van der Waals surface area contributed by atoms with Crippen LogP contribution in [0, 0.1) is 17.2 Å². The van der Waals surface area contributed by atoms with Crippen molar-refractivity contribution in [3.05, 3.63) is 87.3 Å². The van der Waals surface area contributed by atoms with E-state index in [2.05, 4.69) is 0 Å². The molecule has 0 saturated carbocycles. The molecule has 0 N–H and O–H groups in total. The molecule has 3 aromatic rings. The van der Waals surface area contributed by atoms with Gasteiger partial charge in [-0.3, -0.25) is 4.79 Å². The van der Waals surface area contributed by atoms with Gasteiger partial charge in [-0.05, 0) is 54.3 Å². The van der Waals surface area contributed by atoms with E-state index in [0.717, 1.165) is 17.7 Å². The maximum absolute atomic E-state index is 13.3. The third-order valence-corrected chi connectivity index (χ3v) is 8.49. The van der Waals surface area contributed by atoms with Crippen molar-refractivity contribution in [3.63, 3.8) is 0 Å². The fraction of sp³-hybridized carbons (Fsp3) is 0.250. The second kappa shape index (κ2) is 7.89. The van der Waals surface area contributed by atoms with Crippen LogP contribution in [0.5, 0.6) is 0 Å². The van der Waals surface area contributed by atoms with Crippen LogP contribution in [0.1, 0.15) is 23.6 Å². The molecule has 2 aromatic carbocycles. The summed E-state index contributed by atoms with van der Waals surface area (Å²) in [6, 6.07) is 19.2. The molecule has 1 saturated heterocycles. The van der Waals surface area contributed by atoms with Crippen LogP contribution in [0.3, 0.4) is 0 Å². The van der Waals surface area contributed by atoms with Crippen molar-refractivity contribution < 1.29 is 8.42 Å². The fourth-order valence-corrected chi connectivity index (χ4v) is 6.70. The first-order valence-corrected chi connectivity index (χ1v) is 12.2. The van der Waals surface area contributed by atoms with Crippen molar-refractivity contribution in [1.29, 1.82) is 5.26 Å². The van der Waals surface area contributed by atoms with Crippen LogP contribution >= 0.6 is 11.6 Å². The molecule has 2 aliphatic heterocycles. The van der Waals surface area contributed by atoms with Gasteiger partial charge in [-0.2, -0.15) is 9.57 Å². The molecule has 2 atom stereocenters. The highest BCUT2D eigenvalue weighted by atomic mass is 35.5. The first kappa shape index (κ1) is 21.0. The Bertz CT molecular complexity index is 1410. The summed E-state index contributed by atoms with van der Waals surface area (Å²) in [6.45, 7) is 1.09. The number of hydrogen-bond donors (Lipinski definition) is 0. The zero-order valence-electron chi connectivity index (χ0n) is 17.1. The Labute approximate surface area is 191 Å². The van der Waals surface area contributed by atoms with Crippen molar-refractivity contribution in [3.8, 4) is 17.2 Å². The van der Waals surface area contributed by atoms with Gasteiger partial charge in [0.25, 0.3) is 5.56 Å². The molecule has 3 heterocycles. The van der Waals surface area contributed by atoms with E-state index in [0.29, 0.717) is 30.2 Å². The molecule has 0 unspecified atom stereocenters. The van der Waals surface area contributed by atoms with Crippen LogP contribution in [0.25, 0.3) is 11.1 Å². The smallest absolute Gasteiger partial charge is 0.258 e. The maximum atomic E-state index is 13.3. The second-order valence-corrected chi connectivity index (χ2v) is 10.7. The molecule has 0 amide bonds. The van der Waals surface area contributed by atoms with Gasteiger partial charge in [0.15, 0.2) is 0 Å². The lowest BCUT2D eigenvalue weighted by molar-refractivity contribution is 0.186. The zero-order valence-corrected chi connectivity index (χ0v) is 18.7. The molecule has 5 rings (SSSR count). The molecule has 162 valence electrons. The standard InChI is InChI=1S/C24H20ClN3O3S/c25-20-7-5-17(6-8-20)21-9-10-22-19-11-16(14-28(22)24(21)29)13-27(15-19)32(30,31)23-4-2-1-3-18(23)12-26/h1-10,16,19H,11,13-15H2/t16-,19+/m0/s1. The number of aromatic nitrogens is 1. The van der Waals surface area contributed by atoms with Crippen LogP contribution in [0.15, 0.2) is 70.4 Å². The quantitative estimate of drug-likeness (QED) is 0.588. The molecular weight excluding hydrogens is 446 g/mol. The Kier molecular flexibility index (Phi) is 5.17. The predicted molar refractivity (Wildman–Crippen MR) is 122 cm³/mol. The SMILES string of the molecule is N#Cc1ccccc1S(=O)(=O)N1C[C@@H]2C[C@H](C1)c1ccc(-c3ccc(Cl)cc3)c(=O)n1C2. The van der Waals surface area contributed by atoms with E-state index in [-0.39, 0.29) is 27.9 Å². The Morgan fingerprint density at radius 1 is 0.969 bits per heavy atom. The number of pyridine rings is 1. The molecule has 2 bridgehead atoms. The van der Waals surface area contributed by atoms with Gasteiger partial charge in [-0.25, -0.2) is 8.42 Å². The summed E-state index contributed by atoms with van der Waals surface area (Å²) >= 11 is 5.98. The molecule has 2 aliphatic rings. The van der Waals surface area contributed by atoms with Crippen molar-refractivity contribution in [2.45, 2.75) is 23.8 Å². The van der Waals surface area contributed by atoms with E-state index >= 15 is 0 Å². The molecule has 1 fully saturated rings. The minimum Gasteiger partial charge on any atom is -0.311 e. The lowest BCUT2D eigenvalue weighted by Crippen LogP contribution is -2.49. The Hall–Kier alpha value is -2.92. The normalized spacial score (nSPS) is 20.4. The summed E-state index contributed by atoms with van der Waals surface area (Å²) in [6.07, 6.45) is 0.839. The largest absolute Gasteiger partial charge is 0.311 e. The minimum atomic E-state index is -3.80. The average Bonchev–Trinajstić information content (AvgIpc) is 2.80. The number of piperidine rings is 1. The fourth-order valence-electron chi connectivity index (χ4n) is 4.87. The number of benzene rings is 2. The average molecular weight is 466 g/mol. The number of halogens is 1. The number of fused-ring (bicyclic) bond motifs is 4. The van der Waals surface area contributed by atoms with Gasteiger partial charge in [-0.1, -0.05) is 35.9 Å². The highest BCUT2D eigenvalue weighted by molar-refractivity contribution is 7.89. The summed E-state index contributed by atoms with van der Waals surface area (Å²) in [7, 11) is -3.80. The lowest BCUT2D eigenvalue weighted by atomic mass is 9.84. The molecule has 32 heavy (non-hydrogen) atoms. The molecule has 0 radical (unpaired) electrons. The van der Waals surface area contributed by atoms with Gasteiger partial charge in [0.2, 0.25) is 10.0 Å². The van der Waals surface area contributed by atoms with Gasteiger partial charge in [0.1, 0.15) is 6.07 Å². The molecule has 1 aromatic heterocycles. The van der Waals surface area contributed by atoms with Gasteiger partial charge < -0.3 is 4.57 Å². The summed E-state index contributed by atoms with van der Waals surface area (Å²) < 4.78 is 30.0. The molecule has 8 heteroatoms. The minimum absolute atomic E-state index is 0.0310. The van der Waals surface area contributed by atoms with Gasteiger partial charge in [0.05, 0.1) is 10.5 Å². The maximum Gasteiger partial charge on any atom is 0.258 e. The van der Waals surface area contributed by atoms with Crippen molar-refractivity contribution in [1.82, 2.24) is 8.87 Å². The number of sulfonamides is 1. The Balaban J connectivity index is 1.50. The third-order valence-electron chi connectivity index (χ3n) is 6.35. The summed E-state index contributed by atoms with van der Waals surface area (Å²) in [5, 5.41) is 9.97. The number of nitrogens with zero attached hydrogens (tertiary/aromatic N) is 3. The molecule has 0 aliphatic carbocycles. The van der Waals surface area contributed by atoms with E-state index in [4.69, 9.17) is 11.6 Å². The van der Waals surface area contributed by atoms with Crippen molar-refractivity contribution in [2.24, 2.45) is 5.92 Å².